The molecule has 0 atom stereocenters. The van der Waals surface area contributed by atoms with Crippen molar-refractivity contribution >= 4 is 22.6 Å². The number of nitrogen functional groups attached to an aromatic ring is 1. The number of fused-ring (bicyclic) bond motifs is 1. The molecule has 1 aromatic heterocycles. The minimum absolute atomic E-state index is 0.0245. The third-order valence-corrected chi connectivity index (χ3v) is 5.60. The molecule has 0 fully saturated rings. The SMILES string of the molecule is COc1cc(CNC(=O)c2cc3c(O)cccc3n2Cc2cccc(C(=N)N)c2)cc(OC)c1. The molecule has 0 aliphatic heterocycles. The predicted octanol–water partition coefficient (Wildman–Crippen LogP) is 3.63. The van der Waals surface area contributed by atoms with Gasteiger partial charge in [-0.2, -0.15) is 0 Å². The average Bonchev–Trinajstić information content (AvgIpc) is 3.22. The van der Waals surface area contributed by atoms with Crippen molar-refractivity contribution < 1.29 is 19.4 Å². The number of nitrogens with two attached hydrogens (primary N) is 1. The number of nitrogens with one attached hydrogen (secondary N) is 2. The van der Waals surface area contributed by atoms with Crippen LogP contribution in [0.25, 0.3) is 10.9 Å². The molecule has 5 N–H and O–H groups in total. The first-order valence-electron chi connectivity index (χ1n) is 10.6. The number of amides is 1. The number of amidine groups is 1. The standard InChI is InChI=1S/C26H26N4O4/c1-33-19-10-17(11-20(12-19)34-2)14-29-26(32)23-13-21-22(7-4-8-24(21)31)30(23)15-16-5-3-6-18(9-16)25(27)28/h3-13,31H,14-15H2,1-2H3,(H3,27,28)(H,29,32). The van der Waals surface area contributed by atoms with E-state index >= 15 is 0 Å². The maximum atomic E-state index is 13.3. The highest BCUT2D eigenvalue weighted by molar-refractivity contribution is 6.00. The van der Waals surface area contributed by atoms with Crippen LogP contribution in [0, 0.1) is 5.41 Å². The van der Waals surface area contributed by atoms with Crippen LogP contribution in [0.4, 0.5) is 0 Å². The van der Waals surface area contributed by atoms with Gasteiger partial charge in [-0.25, -0.2) is 0 Å². The van der Waals surface area contributed by atoms with Crippen molar-refractivity contribution in [1.29, 1.82) is 5.41 Å². The van der Waals surface area contributed by atoms with Crippen molar-refractivity contribution in [1.82, 2.24) is 9.88 Å². The molecule has 0 aliphatic carbocycles. The number of phenols is 1. The van der Waals surface area contributed by atoms with Gasteiger partial charge < -0.3 is 30.2 Å². The van der Waals surface area contributed by atoms with Crippen LogP contribution in [-0.4, -0.2) is 35.6 Å². The van der Waals surface area contributed by atoms with Gasteiger partial charge in [0.2, 0.25) is 0 Å². The molecule has 4 aromatic rings. The second kappa shape index (κ2) is 9.58. The molecule has 34 heavy (non-hydrogen) atoms. The van der Waals surface area contributed by atoms with Gasteiger partial charge in [0.05, 0.1) is 19.7 Å². The Hall–Kier alpha value is -4.46. The molecule has 4 rings (SSSR count). The van der Waals surface area contributed by atoms with Crippen molar-refractivity contribution in [3.63, 3.8) is 0 Å². The molecule has 174 valence electrons. The lowest BCUT2D eigenvalue weighted by Gasteiger charge is -2.13. The van der Waals surface area contributed by atoms with Crippen molar-refractivity contribution in [3.8, 4) is 17.2 Å². The monoisotopic (exact) mass is 458 g/mol. The Morgan fingerprint density at radius 1 is 1.00 bits per heavy atom. The summed E-state index contributed by atoms with van der Waals surface area (Å²) in [5, 5.41) is 21.6. The van der Waals surface area contributed by atoms with E-state index in [9.17, 15) is 9.90 Å². The van der Waals surface area contributed by atoms with Crippen LogP contribution in [0.2, 0.25) is 0 Å². The molecule has 0 bridgehead atoms. The van der Waals surface area contributed by atoms with Crippen LogP contribution in [0.5, 0.6) is 17.2 Å². The lowest BCUT2D eigenvalue weighted by atomic mass is 10.1. The number of carbonyl (C=O) groups is 1. The fourth-order valence-corrected chi connectivity index (χ4v) is 3.89. The highest BCUT2D eigenvalue weighted by atomic mass is 16.5. The van der Waals surface area contributed by atoms with E-state index in [0.717, 1.165) is 16.6 Å². The van der Waals surface area contributed by atoms with Crippen LogP contribution in [0.1, 0.15) is 27.2 Å². The fraction of sp³-hybridized carbons (Fsp3) is 0.154. The Bertz CT molecular complexity index is 1350. The Labute approximate surface area is 197 Å². The zero-order valence-corrected chi connectivity index (χ0v) is 19.0. The van der Waals surface area contributed by atoms with E-state index in [-0.39, 0.29) is 24.0 Å². The van der Waals surface area contributed by atoms with E-state index in [4.69, 9.17) is 20.6 Å². The maximum absolute atomic E-state index is 13.3. The van der Waals surface area contributed by atoms with Crippen LogP contribution < -0.4 is 20.5 Å². The van der Waals surface area contributed by atoms with Gasteiger partial charge in [0.15, 0.2) is 0 Å². The second-order valence-electron chi connectivity index (χ2n) is 7.84. The highest BCUT2D eigenvalue weighted by Gasteiger charge is 2.18. The molecule has 0 saturated heterocycles. The molecule has 8 heteroatoms. The number of carbonyl (C=O) groups excluding carboxylic acids is 1. The first kappa shape index (κ1) is 22.7. The number of benzene rings is 3. The van der Waals surface area contributed by atoms with Crippen LogP contribution >= 0.6 is 0 Å². The summed E-state index contributed by atoms with van der Waals surface area (Å²) in [4.78, 5) is 13.3. The second-order valence-corrected chi connectivity index (χ2v) is 7.84. The van der Waals surface area contributed by atoms with E-state index in [0.29, 0.717) is 34.7 Å². The smallest absolute Gasteiger partial charge is 0.268 e. The van der Waals surface area contributed by atoms with Gasteiger partial charge in [0.1, 0.15) is 28.8 Å². The number of ether oxygens (including phenoxy) is 2. The summed E-state index contributed by atoms with van der Waals surface area (Å²) < 4.78 is 12.5. The van der Waals surface area contributed by atoms with Crippen LogP contribution in [-0.2, 0) is 13.1 Å². The lowest BCUT2D eigenvalue weighted by molar-refractivity contribution is 0.0942. The summed E-state index contributed by atoms with van der Waals surface area (Å²) in [6.07, 6.45) is 0. The molecule has 1 heterocycles. The van der Waals surface area contributed by atoms with E-state index < -0.39 is 0 Å². The summed E-state index contributed by atoms with van der Waals surface area (Å²) in [7, 11) is 3.15. The van der Waals surface area contributed by atoms with Crippen molar-refractivity contribution in [2.24, 2.45) is 5.73 Å². The molecule has 0 spiro atoms. The van der Waals surface area contributed by atoms with Gasteiger partial charge in [0, 0.05) is 30.1 Å². The normalized spacial score (nSPS) is 10.8. The molecule has 0 aliphatic rings. The Morgan fingerprint density at radius 2 is 1.71 bits per heavy atom. The summed E-state index contributed by atoms with van der Waals surface area (Å²) in [5.74, 6) is 1.05. The minimum Gasteiger partial charge on any atom is -0.507 e. The first-order chi connectivity index (χ1) is 16.4. The van der Waals surface area contributed by atoms with E-state index in [2.05, 4.69) is 5.32 Å². The molecule has 0 radical (unpaired) electrons. The van der Waals surface area contributed by atoms with Gasteiger partial charge in [-0.15, -0.1) is 0 Å². The fourth-order valence-electron chi connectivity index (χ4n) is 3.89. The van der Waals surface area contributed by atoms with Crippen molar-refractivity contribution in [3.05, 3.63) is 89.1 Å². The Kier molecular flexibility index (Phi) is 6.40. The largest absolute Gasteiger partial charge is 0.507 e. The molecular formula is C26H26N4O4. The van der Waals surface area contributed by atoms with Gasteiger partial charge in [-0.1, -0.05) is 24.3 Å². The Balaban J connectivity index is 1.67. The van der Waals surface area contributed by atoms with E-state index in [1.165, 1.54) is 0 Å². The molecule has 0 unspecified atom stereocenters. The zero-order chi connectivity index (χ0) is 24.2. The van der Waals surface area contributed by atoms with Crippen LogP contribution in [0.3, 0.4) is 0 Å². The number of aromatic nitrogens is 1. The summed E-state index contributed by atoms with van der Waals surface area (Å²) in [6.45, 7) is 0.629. The molecule has 3 aromatic carbocycles. The number of methoxy groups -OCH3 is 2. The minimum atomic E-state index is -0.292. The summed E-state index contributed by atoms with van der Waals surface area (Å²) in [6, 6.07) is 19.6. The number of hydrogen-bond donors (Lipinski definition) is 4. The Morgan fingerprint density at radius 3 is 2.38 bits per heavy atom. The van der Waals surface area contributed by atoms with Crippen molar-refractivity contribution in [2.45, 2.75) is 13.1 Å². The van der Waals surface area contributed by atoms with Gasteiger partial charge in [-0.3, -0.25) is 10.2 Å². The van der Waals surface area contributed by atoms with E-state index in [1.807, 2.05) is 41.0 Å². The number of hydrogen-bond acceptors (Lipinski definition) is 5. The maximum Gasteiger partial charge on any atom is 0.268 e. The molecule has 8 nitrogen and oxygen atoms in total. The topological polar surface area (TPSA) is 123 Å². The third kappa shape index (κ3) is 4.66. The number of aromatic hydroxyl groups is 1. The van der Waals surface area contributed by atoms with Gasteiger partial charge >= 0.3 is 0 Å². The number of phenolic OH excluding ortho intramolecular Hbond substituents is 1. The summed E-state index contributed by atoms with van der Waals surface area (Å²) >= 11 is 0. The first-order valence-corrected chi connectivity index (χ1v) is 10.6. The van der Waals surface area contributed by atoms with Crippen LogP contribution in [0.15, 0.2) is 66.7 Å². The lowest BCUT2D eigenvalue weighted by Crippen LogP contribution is -2.25. The average molecular weight is 459 g/mol. The third-order valence-electron chi connectivity index (χ3n) is 5.60. The van der Waals surface area contributed by atoms with Crippen molar-refractivity contribution in [2.75, 3.05) is 14.2 Å². The van der Waals surface area contributed by atoms with Gasteiger partial charge in [0.25, 0.3) is 5.91 Å². The zero-order valence-electron chi connectivity index (χ0n) is 19.0. The highest BCUT2D eigenvalue weighted by Crippen LogP contribution is 2.29. The summed E-state index contributed by atoms with van der Waals surface area (Å²) in [5.41, 5.74) is 9.07. The van der Waals surface area contributed by atoms with Gasteiger partial charge in [-0.05, 0) is 47.5 Å². The molecule has 0 saturated carbocycles. The molecular weight excluding hydrogens is 432 g/mol. The number of nitrogens with zero attached hydrogens (tertiary/aromatic N) is 1. The van der Waals surface area contributed by atoms with E-state index in [1.54, 1.807) is 44.6 Å². The molecule has 1 amide bonds. The number of rotatable bonds is 8. The predicted molar refractivity (Wildman–Crippen MR) is 131 cm³/mol. The quantitative estimate of drug-likeness (QED) is 0.237.